The molecule has 0 radical (unpaired) electrons. The van der Waals surface area contributed by atoms with Crippen LogP contribution in [0.3, 0.4) is 0 Å². The van der Waals surface area contributed by atoms with Crippen molar-refractivity contribution in [1.29, 1.82) is 0 Å². The number of aromatic nitrogens is 1. The van der Waals surface area contributed by atoms with E-state index in [1.807, 2.05) is 36.4 Å². The fourth-order valence-electron chi connectivity index (χ4n) is 4.11. The maximum absolute atomic E-state index is 12.6. The Balaban J connectivity index is 1.42. The number of carboxylic acid groups (broad SMARTS) is 1. The van der Waals surface area contributed by atoms with E-state index >= 15 is 0 Å². The van der Waals surface area contributed by atoms with Crippen LogP contribution in [0.5, 0.6) is 0 Å². The fourth-order valence-corrected chi connectivity index (χ4v) is 4.34. The standard InChI is InChI=1S/C25H23BrN2O4/c26-16-9-10-17(27-14-16)13-18(11-12-24(29)30)28-25(31)32-15-23-21-7-3-1-5-19(21)20-6-2-4-8-22(20)23/h1-10,14,18,23H,11-13,15H2,(H,28,31)(H,29,30). The zero-order valence-corrected chi connectivity index (χ0v) is 18.9. The van der Waals surface area contributed by atoms with Crippen molar-refractivity contribution in [3.05, 3.63) is 88.2 Å². The molecule has 6 nitrogen and oxygen atoms in total. The Morgan fingerprint density at radius 3 is 2.28 bits per heavy atom. The normalized spacial score (nSPS) is 13.2. The molecule has 0 fully saturated rings. The summed E-state index contributed by atoms with van der Waals surface area (Å²) in [5.74, 6) is -0.938. The molecular formula is C25H23BrN2O4. The van der Waals surface area contributed by atoms with Gasteiger partial charge in [-0.15, -0.1) is 0 Å². The summed E-state index contributed by atoms with van der Waals surface area (Å²) in [6, 6.07) is 19.6. The average Bonchev–Trinajstić information content (AvgIpc) is 3.11. The van der Waals surface area contributed by atoms with Crippen LogP contribution < -0.4 is 5.32 Å². The molecule has 0 spiro atoms. The Kier molecular flexibility index (Phi) is 6.85. The number of nitrogens with one attached hydrogen (secondary N) is 1. The van der Waals surface area contributed by atoms with Crippen LogP contribution in [0.1, 0.15) is 35.6 Å². The van der Waals surface area contributed by atoms with Gasteiger partial charge in [0.1, 0.15) is 6.61 Å². The first-order chi connectivity index (χ1) is 15.5. The quantitative estimate of drug-likeness (QED) is 0.451. The smallest absolute Gasteiger partial charge is 0.407 e. The first-order valence-electron chi connectivity index (χ1n) is 10.4. The van der Waals surface area contributed by atoms with E-state index in [4.69, 9.17) is 9.84 Å². The second kappa shape index (κ2) is 9.96. The van der Waals surface area contributed by atoms with Crippen LogP contribution in [-0.2, 0) is 16.0 Å². The molecule has 164 valence electrons. The number of halogens is 1. The number of hydrogen-bond donors (Lipinski definition) is 2. The minimum Gasteiger partial charge on any atom is -0.481 e. The molecule has 1 amide bonds. The number of hydrogen-bond acceptors (Lipinski definition) is 4. The molecule has 1 heterocycles. The van der Waals surface area contributed by atoms with Crippen molar-refractivity contribution in [1.82, 2.24) is 10.3 Å². The van der Waals surface area contributed by atoms with Crippen LogP contribution in [0.25, 0.3) is 11.1 Å². The summed E-state index contributed by atoms with van der Waals surface area (Å²) in [6.45, 7) is 0.210. The highest BCUT2D eigenvalue weighted by atomic mass is 79.9. The number of rotatable bonds is 8. The number of carbonyl (C=O) groups is 2. The van der Waals surface area contributed by atoms with Crippen LogP contribution in [0, 0.1) is 0 Å². The lowest BCUT2D eigenvalue weighted by atomic mass is 9.98. The maximum atomic E-state index is 12.6. The summed E-state index contributed by atoms with van der Waals surface area (Å²) in [4.78, 5) is 28.0. The Morgan fingerprint density at radius 2 is 1.69 bits per heavy atom. The molecule has 0 aliphatic heterocycles. The van der Waals surface area contributed by atoms with Gasteiger partial charge in [0, 0.05) is 41.2 Å². The van der Waals surface area contributed by atoms with Gasteiger partial charge in [-0.25, -0.2) is 4.79 Å². The second-order valence-electron chi connectivity index (χ2n) is 7.77. The minimum atomic E-state index is -0.909. The molecule has 2 aromatic carbocycles. The monoisotopic (exact) mass is 494 g/mol. The second-order valence-corrected chi connectivity index (χ2v) is 8.69. The lowest BCUT2D eigenvalue weighted by molar-refractivity contribution is -0.137. The van der Waals surface area contributed by atoms with E-state index in [-0.39, 0.29) is 25.4 Å². The first kappa shape index (κ1) is 22.0. The summed E-state index contributed by atoms with van der Waals surface area (Å²) < 4.78 is 6.46. The van der Waals surface area contributed by atoms with E-state index in [1.54, 1.807) is 6.20 Å². The molecular weight excluding hydrogens is 472 g/mol. The molecule has 0 bridgehead atoms. The van der Waals surface area contributed by atoms with Gasteiger partial charge in [0.15, 0.2) is 0 Å². The number of amides is 1. The Morgan fingerprint density at radius 1 is 1.03 bits per heavy atom. The third-order valence-electron chi connectivity index (χ3n) is 5.62. The molecule has 1 aliphatic carbocycles. The van der Waals surface area contributed by atoms with Gasteiger partial charge >= 0.3 is 12.1 Å². The van der Waals surface area contributed by atoms with Crippen LogP contribution in [0.15, 0.2) is 71.3 Å². The van der Waals surface area contributed by atoms with E-state index in [9.17, 15) is 9.59 Å². The van der Waals surface area contributed by atoms with Crippen LogP contribution in [-0.4, -0.2) is 34.8 Å². The molecule has 0 saturated carbocycles. The minimum absolute atomic E-state index is 0.0289. The van der Waals surface area contributed by atoms with E-state index in [0.29, 0.717) is 6.42 Å². The number of nitrogens with zero attached hydrogens (tertiary/aromatic N) is 1. The predicted molar refractivity (Wildman–Crippen MR) is 125 cm³/mol. The third kappa shape index (κ3) is 5.16. The number of benzene rings is 2. The lowest BCUT2D eigenvalue weighted by Gasteiger charge is -2.19. The highest BCUT2D eigenvalue weighted by Gasteiger charge is 2.29. The molecule has 0 saturated heterocycles. The maximum Gasteiger partial charge on any atom is 0.407 e. The van der Waals surface area contributed by atoms with Crippen LogP contribution in [0.4, 0.5) is 4.79 Å². The highest BCUT2D eigenvalue weighted by molar-refractivity contribution is 9.10. The predicted octanol–water partition coefficient (Wildman–Crippen LogP) is 5.16. The number of fused-ring (bicyclic) bond motifs is 3. The Labute approximate surface area is 194 Å². The number of carboxylic acids is 1. The highest BCUT2D eigenvalue weighted by Crippen LogP contribution is 2.44. The molecule has 1 atom stereocenters. The molecule has 32 heavy (non-hydrogen) atoms. The number of carbonyl (C=O) groups excluding carboxylic acids is 1. The Hall–Kier alpha value is -3.19. The van der Waals surface area contributed by atoms with Crippen molar-refractivity contribution in [2.75, 3.05) is 6.61 Å². The van der Waals surface area contributed by atoms with Crippen molar-refractivity contribution < 1.29 is 19.4 Å². The summed E-state index contributed by atoms with van der Waals surface area (Å²) in [5, 5.41) is 11.9. The molecule has 1 unspecified atom stereocenters. The van der Waals surface area contributed by atoms with Crippen molar-refractivity contribution in [2.24, 2.45) is 0 Å². The average molecular weight is 495 g/mol. The largest absolute Gasteiger partial charge is 0.481 e. The lowest BCUT2D eigenvalue weighted by Crippen LogP contribution is -2.38. The summed E-state index contributed by atoms with van der Waals surface area (Å²) >= 11 is 3.35. The van der Waals surface area contributed by atoms with Crippen LogP contribution in [0.2, 0.25) is 0 Å². The van der Waals surface area contributed by atoms with E-state index < -0.39 is 18.1 Å². The molecule has 1 aromatic heterocycles. The van der Waals surface area contributed by atoms with E-state index in [0.717, 1.165) is 32.4 Å². The fraction of sp³-hybridized carbons (Fsp3) is 0.240. The van der Waals surface area contributed by atoms with Gasteiger partial charge in [0.2, 0.25) is 0 Å². The summed E-state index contributed by atoms with van der Waals surface area (Å²) in [7, 11) is 0. The van der Waals surface area contributed by atoms with Crippen molar-refractivity contribution >= 4 is 28.0 Å². The summed E-state index contributed by atoms with van der Waals surface area (Å²) in [5.41, 5.74) is 5.38. The van der Waals surface area contributed by atoms with Gasteiger partial charge in [0.25, 0.3) is 0 Å². The molecule has 7 heteroatoms. The van der Waals surface area contributed by atoms with Gasteiger partial charge < -0.3 is 15.2 Å². The van der Waals surface area contributed by atoms with Gasteiger partial charge in [0.05, 0.1) is 0 Å². The molecule has 2 N–H and O–H groups in total. The summed E-state index contributed by atoms with van der Waals surface area (Å²) in [6.07, 6.45) is 1.78. The van der Waals surface area contributed by atoms with Gasteiger partial charge in [-0.3, -0.25) is 9.78 Å². The zero-order chi connectivity index (χ0) is 22.5. The van der Waals surface area contributed by atoms with Gasteiger partial charge in [-0.05, 0) is 56.7 Å². The molecule has 4 rings (SSSR count). The zero-order valence-electron chi connectivity index (χ0n) is 17.3. The van der Waals surface area contributed by atoms with Crippen molar-refractivity contribution in [2.45, 2.75) is 31.2 Å². The molecule has 3 aromatic rings. The topological polar surface area (TPSA) is 88.5 Å². The Bertz CT molecular complexity index is 1070. The SMILES string of the molecule is O=C(O)CCC(Cc1ccc(Br)cn1)NC(=O)OCC1c2ccccc2-c2ccccc21. The third-order valence-corrected chi connectivity index (χ3v) is 6.09. The van der Waals surface area contributed by atoms with E-state index in [2.05, 4.69) is 50.5 Å². The number of alkyl carbamates (subject to hydrolysis) is 1. The molecule has 1 aliphatic rings. The van der Waals surface area contributed by atoms with Crippen molar-refractivity contribution in [3.63, 3.8) is 0 Å². The first-order valence-corrected chi connectivity index (χ1v) is 11.2. The van der Waals surface area contributed by atoms with E-state index in [1.165, 1.54) is 0 Å². The van der Waals surface area contributed by atoms with Gasteiger partial charge in [-0.2, -0.15) is 0 Å². The number of aliphatic carboxylic acids is 1. The van der Waals surface area contributed by atoms with Crippen LogP contribution >= 0.6 is 15.9 Å². The van der Waals surface area contributed by atoms with Crippen molar-refractivity contribution in [3.8, 4) is 11.1 Å². The van der Waals surface area contributed by atoms with Gasteiger partial charge in [-0.1, -0.05) is 48.5 Å². The number of pyridine rings is 1. The number of ether oxygens (including phenoxy) is 1.